The summed E-state index contributed by atoms with van der Waals surface area (Å²) in [6.07, 6.45) is 1.55. The zero-order chi connectivity index (χ0) is 15.0. The van der Waals surface area contributed by atoms with Crippen LogP contribution in [-0.4, -0.2) is 25.7 Å². The van der Waals surface area contributed by atoms with E-state index in [1.54, 1.807) is 18.5 Å². The number of carbonyl (C=O) groups excluding carboxylic acids is 1. The molecule has 7 nitrogen and oxygen atoms in total. The minimum Gasteiger partial charge on any atom is -0.323 e. The number of carbonyl (C=O) groups is 1. The fourth-order valence-corrected chi connectivity index (χ4v) is 2.76. The van der Waals surface area contributed by atoms with Crippen LogP contribution in [0.25, 0.3) is 11.0 Å². The second-order valence-electron chi connectivity index (χ2n) is 4.72. The van der Waals surface area contributed by atoms with Crippen molar-refractivity contribution in [1.82, 2.24) is 19.7 Å². The second-order valence-corrected chi connectivity index (χ2v) is 5.54. The third kappa shape index (κ3) is 2.57. The van der Waals surface area contributed by atoms with Crippen LogP contribution in [-0.2, 0) is 11.3 Å². The number of amides is 1. The van der Waals surface area contributed by atoms with E-state index in [-0.39, 0.29) is 17.3 Å². The molecule has 0 saturated carbocycles. The van der Waals surface area contributed by atoms with Gasteiger partial charge in [0.05, 0.1) is 11.9 Å². The normalized spacial score (nSPS) is 11.0. The summed E-state index contributed by atoms with van der Waals surface area (Å²) in [7, 11) is 0. The van der Waals surface area contributed by atoms with Gasteiger partial charge in [0.25, 0.3) is 0 Å². The van der Waals surface area contributed by atoms with Crippen LogP contribution in [0.5, 0.6) is 0 Å². The Bertz CT molecular complexity index is 876. The summed E-state index contributed by atoms with van der Waals surface area (Å²) in [5.41, 5.74) is 2.85. The fourth-order valence-electron chi connectivity index (χ4n) is 2.03. The molecule has 3 aromatic heterocycles. The maximum Gasteiger partial charge on any atom is 0.307 e. The van der Waals surface area contributed by atoms with Crippen LogP contribution >= 0.6 is 11.3 Å². The third-order valence-electron chi connectivity index (χ3n) is 3.16. The molecule has 0 aromatic carbocycles. The Hall–Kier alpha value is -2.48. The van der Waals surface area contributed by atoms with E-state index in [1.165, 1.54) is 4.57 Å². The number of rotatable bonds is 3. The van der Waals surface area contributed by atoms with Gasteiger partial charge in [0.1, 0.15) is 6.54 Å². The molecule has 0 unspecified atom stereocenters. The Kier molecular flexibility index (Phi) is 3.30. The Morgan fingerprint density at radius 2 is 2.29 bits per heavy atom. The summed E-state index contributed by atoms with van der Waals surface area (Å²) >= 11 is 1.09. The number of pyridine rings is 1. The van der Waals surface area contributed by atoms with Gasteiger partial charge in [-0.1, -0.05) is 11.3 Å². The summed E-state index contributed by atoms with van der Waals surface area (Å²) in [6.45, 7) is 3.68. The Morgan fingerprint density at radius 3 is 3.00 bits per heavy atom. The number of aryl methyl sites for hydroxylation is 2. The number of fused-ring (bicyclic) bond motifs is 1. The third-order valence-corrected chi connectivity index (χ3v) is 4.04. The molecular weight excluding hydrogens is 290 g/mol. The van der Waals surface area contributed by atoms with Crippen LogP contribution < -0.4 is 10.2 Å². The topological polar surface area (TPSA) is 92.7 Å². The van der Waals surface area contributed by atoms with Crippen LogP contribution in [0.2, 0.25) is 0 Å². The van der Waals surface area contributed by atoms with Crippen LogP contribution in [0.4, 0.5) is 5.69 Å². The molecule has 0 fully saturated rings. The largest absolute Gasteiger partial charge is 0.323 e. The lowest BCUT2D eigenvalue weighted by atomic mass is 10.2. The number of nitrogens with zero attached hydrogens (tertiary/aromatic N) is 3. The van der Waals surface area contributed by atoms with Gasteiger partial charge in [-0.2, -0.15) is 5.10 Å². The van der Waals surface area contributed by atoms with Crippen LogP contribution in [0, 0.1) is 13.8 Å². The molecule has 8 heteroatoms. The van der Waals surface area contributed by atoms with Crippen molar-refractivity contribution in [2.24, 2.45) is 0 Å². The van der Waals surface area contributed by atoms with Crippen LogP contribution in [0.1, 0.15) is 11.4 Å². The monoisotopic (exact) mass is 303 g/mol. The average Bonchev–Trinajstić information content (AvgIpc) is 2.97. The molecule has 21 heavy (non-hydrogen) atoms. The zero-order valence-electron chi connectivity index (χ0n) is 11.5. The first-order valence-electron chi connectivity index (χ1n) is 6.30. The van der Waals surface area contributed by atoms with E-state index in [0.29, 0.717) is 11.3 Å². The van der Waals surface area contributed by atoms with Crippen molar-refractivity contribution in [3.05, 3.63) is 38.7 Å². The molecule has 0 bridgehead atoms. The predicted octanol–water partition coefficient (Wildman–Crippen LogP) is 1.44. The molecule has 0 aliphatic carbocycles. The smallest absolute Gasteiger partial charge is 0.307 e. The Balaban J connectivity index is 1.80. The van der Waals surface area contributed by atoms with E-state index in [9.17, 15) is 9.59 Å². The van der Waals surface area contributed by atoms with Crippen molar-refractivity contribution in [3.8, 4) is 0 Å². The molecule has 108 valence electrons. The Labute approximate surface area is 123 Å². The van der Waals surface area contributed by atoms with Crippen LogP contribution in [0.3, 0.4) is 0 Å². The van der Waals surface area contributed by atoms with E-state index in [0.717, 1.165) is 28.1 Å². The number of aromatic nitrogens is 4. The second kappa shape index (κ2) is 5.13. The van der Waals surface area contributed by atoms with Gasteiger partial charge in [-0.15, -0.1) is 0 Å². The molecule has 0 saturated heterocycles. The molecule has 0 radical (unpaired) electrons. The van der Waals surface area contributed by atoms with E-state index in [4.69, 9.17) is 0 Å². The lowest BCUT2D eigenvalue weighted by Gasteiger charge is -2.06. The lowest BCUT2D eigenvalue weighted by Crippen LogP contribution is -2.25. The fraction of sp³-hybridized carbons (Fsp3) is 0.231. The molecule has 0 atom stereocenters. The first kappa shape index (κ1) is 13.5. The van der Waals surface area contributed by atoms with E-state index >= 15 is 0 Å². The van der Waals surface area contributed by atoms with Gasteiger partial charge in [-0.05, 0) is 19.9 Å². The van der Waals surface area contributed by atoms with Crippen molar-refractivity contribution in [2.45, 2.75) is 20.4 Å². The van der Waals surface area contributed by atoms with Crippen molar-refractivity contribution in [2.75, 3.05) is 5.32 Å². The molecule has 3 heterocycles. The number of thiazole rings is 1. The maximum absolute atomic E-state index is 12.0. The highest BCUT2D eigenvalue weighted by Gasteiger charge is 2.10. The maximum atomic E-state index is 12.0. The van der Waals surface area contributed by atoms with Crippen molar-refractivity contribution < 1.29 is 4.79 Å². The molecule has 2 N–H and O–H groups in total. The van der Waals surface area contributed by atoms with E-state index in [2.05, 4.69) is 20.5 Å². The molecule has 0 aliphatic rings. The van der Waals surface area contributed by atoms with E-state index < -0.39 is 0 Å². The van der Waals surface area contributed by atoms with E-state index in [1.807, 2.05) is 13.0 Å². The van der Waals surface area contributed by atoms with Gasteiger partial charge < -0.3 is 5.32 Å². The van der Waals surface area contributed by atoms with Gasteiger partial charge in [0, 0.05) is 22.2 Å². The summed E-state index contributed by atoms with van der Waals surface area (Å²) in [4.78, 5) is 27.6. The molecule has 3 rings (SSSR count). The van der Waals surface area contributed by atoms with Gasteiger partial charge in [0.2, 0.25) is 5.91 Å². The molecule has 0 spiro atoms. The van der Waals surface area contributed by atoms with Gasteiger partial charge in [-0.25, -0.2) is 4.98 Å². The Morgan fingerprint density at radius 1 is 1.48 bits per heavy atom. The number of hydrogen-bond acceptors (Lipinski definition) is 5. The summed E-state index contributed by atoms with van der Waals surface area (Å²) in [6, 6.07) is 1.81. The molecular formula is C13H13N5O2S. The number of anilines is 1. The number of aromatic amines is 1. The first-order chi connectivity index (χ1) is 10.0. The number of nitrogens with one attached hydrogen (secondary N) is 2. The average molecular weight is 303 g/mol. The van der Waals surface area contributed by atoms with Crippen molar-refractivity contribution >= 4 is 34.0 Å². The van der Waals surface area contributed by atoms with Crippen molar-refractivity contribution in [3.63, 3.8) is 0 Å². The highest BCUT2D eigenvalue weighted by molar-refractivity contribution is 7.07. The van der Waals surface area contributed by atoms with Gasteiger partial charge in [-0.3, -0.25) is 19.3 Å². The van der Waals surface area contributed by atoms with Gasteiger partial charge in [0.15, 0.2) is 5.65 Å². The lowest BCUT2D eigenvalue weighted by molar-refractivity contribution is -0.116. The van der Waals surface area contributed by atoms with Crippen molar-refractivity contribution in [1.29, 1.82) is 0 Å². The minimum absolute atomic E-state index is 0.00340. The highest BCUT2D eigenvalue weighted by atomic mass is 32.1. The highest BCUT2D eigenvalue weighted by Crippen LogP contribution is 2.17. The zero-order valence-corrected chi connectivity index (χ0v) is 12.3. The predicted molar refractivity (Wildman–Crippen MR) is 80.6 cm³/mol. The quantitative estimate of drug-likeness (QED) is 0.765. The summed E-state index contributed by atoms with van der Waals surface area (Å²) in [5.74, 6) is -0.263. The number of H-pyrrole nitrogens is 1. The summed E-state index contributed by atoms with van der Waals surface area (Å²) in [5, 5.41) is 12.2. The summed E-state index contributed by atoms with van der Waals surface area (Å²) < 4.78 is 1.44. The number of hydrogen-bond donors (Lipinski definition) is 2. The SMILES string of the molecule is Cc1[nH]nc2ncc(NC(=O)Cn3c(C)csc3=O)cc12. The van der Waals surface area contributed by atoms with Crippen LogP contribution in [0.15, 0.2) is 22.4 Å². The first-order valence-corrected chi connectivity index (χ1v) is 7.18. The standard InChI is InChI=1S/C13H13N5O2S/c1-7-6-21-13(20)18(7)5-11(19)15-9-3-10-8(2)16-17-12(10)14-4-9/h3-4,6H,5H2,1-2H3,(H,15,19)(H,14,16,17). The molecule has 1 amide bonds. The molecule has 0 aliphatic heterocycles. The minimum atomic E-state index is -0.263. The van der Waals surface area contributed by atoms with Gasteiger partial charge >= 0.3 is 4.87 Å². The molecule has 3 aromatic rings.